The summed E-state index contributed by atoms with van der Waals surface area (Å²) in [6.07, 6.45) is 6.55. The van der Waals surface area contributed by atoms with Crippen LogP contribution in [0.1, 0.15) is 19.3 Å². The molecule has 1 aromatic carbocycles. The highest BCUT2D eigenvalue weighted by atomic mass is 16.5. The molecule has 8 nitrogen and oxygen atoms in total. The van der Waals surface area contributed by atoms with Gasteiger partial charge in [0.25, 0.3) is 0 Å². The summed E-state index contributed by atoms with van der Waals surface area (Å²) in [5.74, 6) is 0.970. The first-order valence-corrected chi connectivity index (χ1v) is 9.80. The van der Waals surface area contributed by atoms with Crippen molar-refractivity contribution in [1.29, 1.82) is 0 Å². The van der Waals surface area contributed by atoms with Gasteiger partial charge in [0.15, 0.2) is 0 Å². The first kappa shape index (κ1) is 19.2. The number of piperidine rings is 1. The SMILES string of the molecule is COc1ccc(N2CC(C(=O)N3CCC(Oc4cnccn4)CC3)CC2=O)cc1. The summed E-state index contributed by atoms with van der Waals surface area (Å²) in [5, 5.41) is 0. The molecule has 2 fully saturated rings. The first-order chi connectivity index (χ1) is 14.1. The molecule has 3 heterocycles. The van der Waals surface area contributed by atoms with Crippen molar-refractivity contribution in [3.63, 3.8) is 0 Å². The lowest BCUT2D eigenvalue weighted by atomic mass is 10.0. The highest BCUT2D eigenvalue weighted by Gasteiger charge is 2.38. The van der Waals surface area contributed by atoms with Crippen molar-refractivity contribution in [3.8, 4) is 11.6 Å². The third-order valence-corrected chi connectivity index (χ3v) is 5.44. The molecule has 2 saturated heterocycles. The molecule has 4 rings (SSSR count). The third kappa shape index (κ3) is 4.31. The molecule has 0 aliphatic carbocycles. The summed E-state index contributed by atoms with van der Waals surface area (Å²) in [7, 11) is 1.60. The van der Waals surface area contributed by atoms with Gasteiger partial charge in [-0.2, -0.15) is 0 Å². The Labute approximate surface area is 169 Å². The van der Waals surface area contributed by atoms with Crippen LogP contribution in [0.5, 0.6) is 11.6 Å². The van der Waals surface area contributed by atoms with Crippen molar-refractivity contribution in [2.45, 2.75) is 25.4 Å². The molecule has 2 amide bonds. The van der Waals surface area contributed by atoms with Crippen LogP contribution < -0.4 is 14.4 Å². The largest absolute Gasteiger partial charge is 0.497 e. The molecule has 0 bridgehead atoms. The van der Waals surface area contributed by atoms with E-state index in [1.54, 1.807) is 30.6 Å². The normalized spacial score (nSPS) is 20.0. The summed E-state index contributed by atoms with van der Waals surface area (Å²) in [6.45, 7) is 1.66. The molecule has 0 radical (unpaired) electrons. The van der Waals surface area contributed by atoms with Gasteiger partial charge in [0.2, 0.25) is 17.7 Å². The van der Waals surface area contributed by atoms with Gasteiger partial charge in [-0.1, -0.05) is 0 Å². The number of amides is 2. The second-order valence-corrected chi connectivity index (χ2v) is 7.29. The molecule has 0 saturated carbocycles. The van der Waals surface area contributed by atoms with Crippen molar-refractivity contribution < 1.29 is 19.1 Å². The number of likely N-dealkylation sites (tertiary alicyclic amines) is 1. The molecule has 29 heavy (non-hydrogen) atoms. The Morgan fingerprint density at radius 2 is 1.90 bits per heavy atom. The molecule has 2 aliphatic heterocycles. The molecular formula is C21H24N4O4. The molecule has 2 aromatic rings. The molecule has 0 N–H and O–H groups in total. The van der Waals surface area contributed by atoms with Crippen LogP contribution in [-0.4, -0.2) is 59.5 Å². The van der Waals surface area contributed by atoms with E-state index in [1.165, 1.54) is 0 Å². The van der Waals surface area contributed by atoms with Gasteiger partial charge in [0, 0.05) is 57.0 Å². The summed E-state index contributed by atoms with van der Waals surface area (Å²) < 4.78 is 11.0. The second-order valence-electron chi connectivity index (χ2n) is 7.29. The van der Waals surface area contributed by atoms with Crippen molar-refractivity contribution in [3.05, 3.63) is 42.9 Å². The summed E-state index contributed by atoms with van der Waals surface area (Å²) in [4.78, 5) is 37.1. The van der Waals surface area contributed by atoms with Gasteiger partial charge < -0.3 is 19.3 Å². The average Bonchev–Trinajstić information content (AvgIpc) is 3.16. The Hall–Kier alpha value is -3.16. The maximum atomic E-state index is 13.0. The maximum Gasteiger partial charge on any atom is 0.232 e. The first-order valence-electron chi connectivity index (χ1n) is 9.80. The predicted octanol–water partition coefficient (Wildman–Crippen LogP) is 1.91. The number of benzene rings is 1. The van der Waals surface area contributed by atoms with Crippen LogP contribution in [0.3, 0.4) is 0 Å². The lowest BCUT2D eigenvalue weighted by molar-refractivity contribution is -0.137. The molecule has 0 spiro atoms. The van der Waals surface area contributed by atoms with Crippen molar-refractivity contribution in [2.75, 3.05) is 31.6 Å². The summed E-state index contributed by atoms with van der Waals surface area (Å²) >= 11 is 0. The highest BCUT2D eigenvalue weighted by molar-refractivity contribution is 6.00. The van der Waals surface area contributed by atoms with Gasteiger partial charge in [0.05, 0.1) is 19.2 Å². The standard InChI is InChI=1S/C21H24N4O4/c1-28-17-4-2-16(3-5-17)25-14-15(12-20(25)26)21(27)24-10-6-18(7-11-24)29-19-13-22-8-9-23-19/h2-5,8-9,13,15,18H,6-7,10-12,14H2,1H3. The molecule has 152 valence electrons. The van der Waals surface area contributed by atoms with Crippen molar-refractivity contribution >= 4 is 17.5 Å². The highest BCUT2D eigenvalue weighted by Crippen LogP contribution is 2.28. The molecule has 1 aromatic heterocycles. The van der Waals surface area contributed by atoms with Crippen LogP contribution >= 0.6 is 0 Å². The van der Waals surface area contributed by atoms with E-state index in [2.05, 4.69) is 9.97 Å². The van der Waals surface area contributed by atoms with Crippen LogP contribution in [0.15, 0.2) is 42.9 Å². The van der Waals surface area contributed by atoms with Crippen LogP contribution in [0.4, 0.5) is 5.69 Å². The zero-order valence-electron chi connectivity index (χ0n) is 16.4. The van der Waals surface area contributed by atoms with E-state index in [0.717, 1.165) is 24.3 Å². The smallest absolute Gasteiger partial charge is 0.232 e. The molecule has 1 unspecified atom stereocenters. The number of methoxy groups -OCH3 is 1. The fourth-order valence-electron chi connectivity index (χ4n) is 3.85. The molecule has 2 aliphatic rings. The van der Waals surface area contributed by atoms with Gasteiger partial charge in [0.1, 0.15) is 11.9 Å². The quantitative estimate of drug-likeness (QED) is 0.768. The minimum Gasteiger partial charge on any atom is -0.497 e. The van der Waals surface area contributed by atoms with Crippen LogP contribution in [0, 0.1) is 5.92 Å². The van der Waals surface area contributed by atoms with E-state index in [4.69, 9.17) is 9.47 Å². The van der Waals surface area contributed by atoms with E-state index in [0.29, 0.717) is 25.5 Å². The molecule has 1 atom stereocenters. The van der Waals surface area contributed by atoms with E-state index in [1.807, 2.05) is 29.2 Å². The van der Waals surface area contributed by atoms with E-state index in [-0.39, 0.29) is 30.3 Å². The second kappa shape index (κ2) is 8.46. The summed E-state index contributed by atoms with van der Waals surface area (Å²) in [6, 6.07) is 7.33. The van der Waals surface area contributed by atoms with Gasteiger partial charge >= 0.3 is 0 Å². The zero-order chi connectivity index (χ0) is 20.2. The summed E-state index contributed by atoms with van der Waals surface area (Å²) in [5.41, 5.74) is 0.794. The molecular weight excluding hydrogens is 372 g/mol. The maximum absolute atomic E-state index is 13.0. The zero-order valence-corrected chi connectivity index (χ0v) is 16.4. The van der Waals surface area contributed by atoms with E-state index >= 15 is 0 Å². The molecule has 8 heteroatoms. The number of anilines is 1. The minimum absolute atomic E-state index is 0.0191. The number of hydrogen-bond donors (Lipinski definition) is 0. The van der Waals surface area contributed by atoms with Gasteiger partial charge in [-0.25, -0.2) is 4.98 Å². The van der Waals surface area contributed by atoms with Crippen LogP contribution in [0.2, 0.25) is 0 Å². The van der Waals surface area contributed by atoms with Crippen LogP contribution in [-0.2, 0) is 9.59 Å². The number of hydrogen-bond acceptors (Lipinski definition) is 6. The minimum atomic E-state index is -0.304. The lowest BCUT2D eigenvalue weighted by Crippen LogP contribution is -2.45. The lowest BCUT2D eigenvalue weighted by Gasteiger charge is -2.33. The van der Waals surface area contributed by atoms with E-state index in [9.17, 15) is 9.59 Å². The van der Waals surface area contributed by atoms with Crippen molar-refractivity contribution in [2.24, 2.45) is 5.92 Å². The Kier molecular flexibility index (Phi) is 5.59. The topological polar surface area (TPSA) is 84.9 Å². The predicted molar refractivity (Wildman–Crippen MR) is 106 cm³/mol. The fraction of sp³-hybridized carbons (Fsp3) is 0.429. The number of nitrogens with zero attached hydrogens (tertiary/aromatic N) is 4. The fourth-order valence-corrected chi connectivity index (χ4v) is 3.85. The Balaban J connectivity index is 1.31. The van der Waals surface area contributed by atoms with Gasteiger partial charge in [-0.3, -0.25) is 14.6 Å². The monoisotopic (exact) mass is 396 g/mol. The Morgan fingerprint density at radius 3 is 2.55 bits per heavy atom. The van der Waals surface area contributed by atoms with Gasteiger partial charge in [-0.15, -0.1) is 0 Å². The van der Waals surface area contributed by atoms with Gasteiger partial charge in [-0.05, 0) is 24.3 Å². The number of carbonyl (C=O) groups is 2. The average molecular weight is 396 g/mol. The van der Waals surface area contributed by atoms with Crippen molar-refractivity contribution in [1.82, 2.24) is 14.9 Å². The Morgan fingerprint density at radius 1 is 1.14 bits per heavy atom. The number of carbonyl (C=O) groups excluding carboxylic acids is 2. The number of ether oxygens (including phenoxy) is 2. The third-order valence-electron chi connectivity index (χ3n) is 5.44. The number of aromatic nitrogens is 2. The Bertz CT molecular complexity index is 851. The van der Waals surface area contributed by atoms with Crippen LogP contribution in [0.25, 0.3) is 0 Å². The number of rotatable bonds is 5. The van der Waals surface area contributed by atoms with E-state index < -0.39 is 0 Å².